The van der Waals surface area contributed by atoms with E-state index in [1.165, 1.54) is 4.90 Å². The first kappa shape index (κ1) is 15.3. The van der Waals surface area contributed by atoms with E-state index < -0.39 is 6.09 Å². The molecule has 0 aliphatic carbocycles. The zero-order valence-electron chi connectivity index (χ0n) is 12.4. The maximum Gasteiger partial charge on any atom is 0.417 e. The van der Waals surface area contributed by atoms with Crippen molar-refractivity contribution in [3.63, 3.8) is 0 Å². The van der Waals surface area contributed by atoms with Gasteiger partial charge in [-0.05, 0) is 24.8 Å². The number of carbonyl (C=O) groups is 2. The molecular formula is C17H21NO3. The van der Waals surface area contributed by atoms with Crippen LogP contribution in [0.3, 0.4) is 0 Å². The lowest BCUT2D eigenvalue weighted by Gasteiger charge is -2.20. The van der Waals surface area contributed by atoms with Crippen molar-refractivity contribution < 1.29 is 14.3 Å². The molecule has 21 heavy (non-hydrogen) atoms. The average Bonchev–Trinajstić information content (AvgIpc) is 2.85. The van der Waals surface area contributed by atoms with Gasteiger partial charge in [-0.3, -0.25) is 4.79 Å². The molecule has 0 N–H and O–H groups in total. The van der Waals surface area contributed by atoms with Gasteiger partial charge in [0.15, 0.2) is 0 Å². The van der Waals surface area contributed by atoms with Crippen molar-refractivity contribution in [1.29, 1.82) is 0 Å². The van der Waals surface area contributed by atoms with Crippen LogP contribution < -0.4 is 0 Å². The van der Waals surface area contributed by atoms with E-state index in [1.54, 1.807) is 0 Å². The minimum atomic E-state index is -0.557. The number of hydrogen-bond acceptors (Lipinski definition) is 3. The normalized spacial score (nSPS) is 17.7. The third-order valence-electron chi connectivity index (χ3n) is 3.63. The Morgan fingerprint density at radius 1 is 1.38 bits per heavy atom. The Hall–Kier alpha value is -2.10. The predicted molar refractivity (Wildman–Crippen MR) is 80.8 cm³/mol. The zero-order chi connectivity index (χ0) is 15.2. The molecule has 2 amide bonds. The van der Waals surface area contributed by atoms with Gasteiger partial charge in [-0.15, -0.1) is 0 Å². The average molecular weight is 287 g/mol. The highest BCUT2D eigenvalue weighted by Gasteiger charge is 2.38. The number of imide groups is 1. The summed E-state index contributed by atoms with van der Waals surface area (Å²) in [5.41, 5.74) is 1.56. The van der Waals surface area contributed by atoms with E-state index in [1.807, 2.05) is 30.3 Å². The molecule has 1 aliphatic heterocycles. The zero-order valence-corrected chi connectivity index (χ0v) is 12.4. The minimum Gasteiger partial charge on any atom is -0.447 e. The summed E-state index contributed by atoms with van der Waals surface area (Å²) in [6.45, 7) is 6.12. The highest BCUT2D eigenvalue weighted by molar-refractivity contribution is 6.03. The molecule has 2 rings (SSSR count). The van der Waals surface area contributed by atoms with Gasteiger partial charge in [0.25, 0.3) is 5.91 Å². The van der Waals surface area contributed by atoms with Crippen LogP contribution in [0.2, 0.25) is 0 Å². The first-order valence-corrected chi connectivity index (χ1v) is 7.35. The Kier molecular flexibility index (Phi) is 5.14. The van der Waals surface area contributed by atoms with E-state index in [2.05, 4.69) is 13.5 Å². The second kappa shape index (κ2) is 7.07. The maximum atomic E-state index is 12.4. The molecular weight excluding hydrogens is 266 g/mol. The van der Waals surface area contributed by atoms with Crippen molar-refractivity contribution in [1.82, 2.24) is 4.90 Å². The van der Waals surface area contributed by atoms with Crippen molar-refractivity contribution >= 4 is 12.0 Å². The van der Waals surface area contributed by atoms with E-state index in [0.29, 0.717) is 18.4 Å². The summed E-state index contributed by atoms with van der Waals surface area (Å²) in [7, 11) is 0. The second-order valence-corrected chi connectivity index (χ2v) is 5.30. The van der Waals surface area contributed by atoms with Crippen LogP contribution in [0.5, 0.6) is 0 Å². The van der Waals surface area contributed by atoms with Gasteiger partial charge >= 0.3 is 6.09 Å². The summed E-state index contributed by atoms with van der Waals surface area (Å²) in [6, 6.07) is 9.55. The van der Waals surface area contributed by atoms with Crippen LogP contribution >= 0.6 is 0 Å². The molecule has 0 aromatic heterocycles. The molecule has 0 saturated carbocycles. The van der Waals surface area contributed by atoms with Crippen LogP contribution in [0, 0.1) is 0 Å². The minimum absolute atomic E-state index is 0.245. The lowest BCUT2D eigenvalue weighted by Crippen LogP contribution is -2.40. The molecule has 0 bridgehead atoms. The van der Waals surface area contributed by atoms with Gasteiger partial charge < -0.3 is 4.74 Å². The van der Waals surface area contributed by atoms with Crippen LogP contribution in [0.15, 0.2) is 42.5 Å². The van der Waals surface area contributed by atoms with Gasteiger partial charge in [-0.25, -0.2) is 9.69 Å². The number of benzene rings is 1. The molecule has 1 aliphatic rings. The molecule has 1 saturated heterocycles. The summed E-state index contributed by atoms with van der Waals surface area (Å²) in [5.74, 6) is -0.299. The highest BCUT2D eigenvalue weighted by Crippen LogP contribution is 2.21. The molecule has 4 heteroatoms. The van der Waals surface area contributed by atoms with Crippen LogP contribution in [0.4, 0.5) is 4.79 Å². The number of hydrogen-bond donors (Lipinski definition) is 0. The number of rotatable bonds is 6. The molecule has 0 spiro atoms. The van der Waals surface area contributed by atoms with E-state index in [9.17, 15) is 9.59 Å². The van der Waals surface area contributed by atoms with Crippen LogP contribution in [-0.4, -0.2) is 29.5 Å². The lowest BCUT2D eigenvalue weighted by molar-refractivity contribution is -0.125. The quantitative estimate of drug-likeness (QED) is 0.754. The number of amides is 2. The molecule has 112 valence electrons. The van der Waals surface area contributed by atoms with Gasteiger partial charge in [0.1, 0.15) is 6.61 Å². The molecule has 1 atom stereocenters. The van der Waals surface area contributed by atoms with Gasteiger partial charge in [-0.1, -0.05) is 50.3 Å². The molecule has 4 nitrogen and oxygen atoms in total. The Balaban J connectivity index is 2.06. The van der Waals surface area contributed by atoms with Gasteiger partial charge in [0, 0.05) is 5.57 Å². The Labute approximate surface area is 125 Å². The second-order valence-electron chi connectivity index (χ2n) is 5.30. The lowest BCUT2D eigenvalue weighted by atomic mass is 10.0. The van der Waals surface area contributed by atoms with E-state index >= 15 is 0 Å². The van der Waals surface area contributed by atoms with Gasteiger partial charge in [-0.2, -0.15) is 0 Å². The Bertz CT molecular complexity index is 524. The molecule has 0 radical (unpaired) electrons. The number of unbranched alkanes of at least 4 members (excludes halogenated alkanes) is 1. The molecule has 1 heterocycles. The summed E-state index contributed by atoms with van der Waals surface area (Å²) in [5, 5.41) is 0. The van der Waals surface area contributed by atoms with E-state index in [4.69, 9.17) is 4.74 Å². The number of ether oxygens (including phenoxy) is 1. The van der Waals surface area contributed by atoms with Crippen molar-refractivity contribution in [3.8, 4) is 0 Å². The van der Waals surface area contributed by atoms with Crippen molar-refractivity contribution in [2.45, 2.75) is 38.6 Å². The summed E-state index contributed by atoms with van der Waals surface area (Å²) < 4.78 is 5.05. The standard InChI is InChI=1S/C17H21NO3/c1-3-4-8-13(2)16(19)18-15(12-21-17(18)20)11-14-9-6-5-7-10-14/h5-7,9-10,15H,2-4,8,11-12H2,1H3. The van der Waals surface area contributed by atoms with Crippen LogP contribution in [0.1, 0.15) is 31.7 Å². The topological polar surface area (TPSA) is 46.6 Å². The molecule has 1 aromatic rings. The van der Waals surface area contributed by atoms with Crippen LogP contribution in [0.25, 0.3) is 0 Å². The van der Waals surface area contributed by atoms with Gasteiger partial charge in [0.2, 0.25) is 0 Å². The molecule has 1 aromatic carbocycles. The van der Waals surface area contributed by atoms with Crippen molar-refractivity contribution in [2.24, 2.45) is 0 Å². The largest absolute Gasteiger partial charge is 0.447 e. The van der Waals surface area contributed by atoms with Crippen LogP contribution in [-0.2, 0) is 16.0 Å². The Morgan fingerprint density at radius 2 is 2.10 bits per heavy atom. The monoisotopic (exact) mass is 287 g/mol. The van der Waals surface area contributed by atoms with E-state index in [-0.39, 0.29) is 18.6 Å². The summed E-state index contributed by atoms with van der Waals surface area (Å²) >= 11 is 0. The fraction of sp³-hybridized carbons (Fsp3) is 0.412. The number of carbonyl (C=O) groups excluding carboxylic acids is 2. The summed E-state index contributed by atoms with van der Waals surface area (Å²) in [4.78, 5) is 25.5. The van der Waals surface area contributed by atoms with Gasteiger partial charge in [0.05, 0.1) is 6.04 Å². The first-order chi connectivity index (χ1) is 10.1. The molecule has 1 fully saturated rings. The number of nitrogens with zero attached hydrogens (tertiary/aromatic N) is 1. The first-order valence-electron chi connectivity index (χ1n) is 7.35. The third-order valence-corrected chi connectivity index (χ3v) is 3.63. The summed E-state index contributed by atoms with van der Waals surface area (Å²) in [6.07, 6.45) is 2.57. The molecule has 1 unspecified atom stereocenters. The third kappa shape index (κ3) is 3.72. The van der Waals surface area contributed by atoms with E-state index in [0.717, 1.165) is 18.4 Å². The smallest absolute Gasteiger partial charge is 0.417 e. The Morgan fingerprint density at radius 3 is 2.76 bits per heavy atom. The highest BCUT2D eigenvalue weighted by atomic mass is 16.6. The predicted octanol–water partition coefficient (Wildman–Crippen LogP) is 3.32. The maximum absolute atomic E-state index is 12.4. The van der Waals surface area contributed by atoms with Crippen molar-refractivity contribution in [3.05, 3.63) is 48.0 Å². The fourth-order valence-corrected chi connectivity index (χ4v) is 2.41. The number of cyclic esters (lactones) is 1. The van der Waals surface area contributed by atoms with Crippen molar-refractivity contribution in [2.75, 3.05) is 6.61 Å². The fourth-order valence-electron chi connectivity index (χ4n) is 2.41. The SMILES string of the molecule is C=C(CCCC)C(=O)N1C(=O)OCC1Cc1ccccc1.